The second-order valence-electron chi connectivity index (χ2n) is 27.5. The molecule has 4 rings (SSSR count). The Morgan fingerprint density at radius 3 is 1.65 bits per heavy atom. The Balaban J connectivity index is 1.52. The number of benzene rings is 1. The number of likely N-dealkylation sites (tertiary alicyclic amines) is 1. The molecule has 116 heavy (non-hydrogen) atoms. The van der Waals surface area contributed by atoms with Gasteiger partial charge in [0.25, 0.3) is 5.91 Å². The number of carbonyl (C=O) groups is 17. The van der Waals surface area contributed by atoms with Crippen molar-refractivity contribution in [3.8, 4) is 0 Å². The van der Waals surface area contributed by atoms with E-state index in [-0.39, 0.29) is 75.7 Å². The number of nitrogens with two attached hydrogens (primary N) is 4. The number of oxazole rings is 1. The average molecular weight is 1650 g/mol. The molecule has 1 aromatic heterocycles. The number of carboxylic acids is 3. The molecule has 646 valence electrons. The zero-order valence-electron chi connectivity index (χ0n) is 64.2. The lowest BCUT2D eigenvalue weighted by Crippen LogP contribution is -2.60. The van der Waals surface area contributed by atoms with Gasteiger partial charge in [-0.3, -0.25) is 76.7 Å². The molecule has 3 heterocycles. The maximum Gasteiger partial charge on any atom is 0.328 e. The number of nitrogens with zero attached hydrogens (tertiary/aromatic N) is 2. The Bertz CT molecular complexity index is 3690. The summed E-state index contributed by atoms with van der Waals surface area (Å²) in [6, 6.07) is -5.69. The van der Waals surface area contributed by atoms with Crippen molar-refractivity contribution in [2.45, 2.75) is 214 Å². The van der Waals surface area contributed by atoms with Crippen LogP contribution in [0.2, 0.25) is 0 Å². The summed E-state index contributed by atoms with van der Waals surface area (Å²) < 4.78 is 16.8. The van der Waals surface area contributed by atoms with Crippen LogP contribution in [-0.2, 0) is 92.6 Å². The Labute approximate surface area is 664 Å². The highest BCUT2D eigenvalue weighted by Gasteiger charge is 2.45. The highest BCUT2D eigenvalue weighted by Crippen LogP contribution is 2.26. The molecule has 28 N–H and O–H groups in total. The summed E-state index contributed by atoms with van der Waals surface area (Å²) in [5.74, 6) is -18.7. The van der Waals surface area contributed by atoms with Gasteiger partial charge in [0.2, 0.25) is 82.7 Å². The molecule has 17 atom stereocenters. The monoisotopic (exact) mass is 1650 g/mol. The quantitative estimate of drug-likeness (QED) is 0.0274. The number of ether oxygens (including phenoxy) is 2. The molecule has 2 aromatic rings. The second kappa shape index (κ2) is 49.7. The van der Waals surface area contributed by atoms with Crippen molar-refractivity contribution in [2.24, 2.45) is 28.9 Å². The van der Waals surface area contributed by atoms with Crippen molar-refractivity contribution in [3.05, 3.63) is 53.7 Å². The maximum atomic E-state index is 14.5. The van der Waals surface area contributed by atoms with E-state index in [0.717, 1.165) is 18.1 Å². The SMILES string of the molecule is CC[C@H](C)[C@H](NC(=O)CN)c1nc(C(=O)NCC(=O)N[C@@H](Cc2ccccc2)C(=O)N[C@@H](CC[C@H](CN)O[C@@H]2O[C@H](CO)[C@H](O)[C@H](O)[C@H]2O)C(=O)NCC(=O)N[C@@H](CCC(=O)O)C(=O)N[C@@H](CCC(N)=O)C(=O)NCC(=O)N2CCC[C@H]2C(=O)N[C@@H](CCCCN)C(=O)NCC(=O)N[C@@H](CCC(=O)O)C(=O)N[C@H](C(=O)O)[C@@H](C)O)co1. The number of carbonyl (C=O) groups excluding carboxylic acids is 14. The van der Waals surface area contributed by atoms with Gasteiger partial charge in [-0.1, -0.05) is 50.6 Å². The number of aliphatic hydroxyl groups is 5. The van der Waals surface area contributed by atoms with E-state index in [9.17, 15) is 122 Å². The Kier molecular flexibility index (Phi) is 41.7. The summed E-state index contributed by atoms with van der Waals surface area (Å²) in [7, 11) is 0. The van der Waals surface area contributed by atoms with Crippen molar-refractivity contribution in [2.75, 3.05) is 59.0 Å². The highest BCUT2D eigenvalue weighted by atomic mass is 16.7. The zero-order chi connectivity index (χ0) is 86.5. The molecule has 46 heteroatoms. The highest BCUT2D eigenvalue weighted by molar-refractivity contribution is 5.99. The van der Waals surface area contributed by atoms with E-state index in [1.54, 1.807) is 37.3 Å². The van der Waals surface area contributed by atoms with E-state index in [1.807, 2.05) is 12.2 Å². The molecule has 14 amide bonds. The molecule has 0 unspecified atom stereocenters. The van der Waals surface area contributed by atoms with E-state index in [4.69, 9.17) is 36.8 Å². The number of carboxylic acid groups (broad SMARTS) is 3. The van der Waals surface area contributed by atoms with Crippen LogP contribution in [0.1, 0.15) is 139 Å². The molecular weight excluding hydrogens is 1540 g/mol. The van der Waals surface area contributed by atoms with Crippen LogP contribution in [0, 0.1) is 5.92 Å². The minimum absolute atomic E-state index is 0.0272. The first-order valence-electron chi connectivity index (χ1n) is 37.4. The molecule has 2 aliphatic heterocycles. The third kappa shape index (κ3) is 32.7. The standard InChI is InChI=1S/C70H108N18O28/c1-4-34(2)55(86-48(92)27-73)68-85-44(33-114-68)63(107)77-30-51(95)81-43(25-36-11-6-5-7-12-36)66(110)83-39(16-15-37(26-72)115-70-59(103)58(102)57(101)46(32-89)116-70)61(105)76-29-49(93)79-41(18-21-53(97)98)64(108)82-40(17-20-47(74)91)62(106)78-31-52(96)88-24-10-14-45(88)67(111)84-38(13-8-9-23-71)60(104)75-28-50(94)80-42(19-22-54(99)100)65(109)87-56(35(3)90)69(112)113/h5-7,11-12,33-35,37-43,45-46,55-59,70,89-90,101-103H,4,8-10,13-32,71-73H2,1-3H3,(H2,74,91)(H,75,104)(H,76,105)(H,77,107)(H,78,106)(H,79,93)(H,80,94)(H,81,95)(H,82,108)(H,83,110)(H,84,111)(H,86,92)(H,87,109)(H,97,98)(H,99,100)(H,112,113)/t34-,35+,37+,38-,39-,40-,41-,42-,43-,45-,46+,55-,56-,57-,58-,59+,70+/m0/s1. The van der Waals surface area contributed by atoms with E-state index < -0.39 is 282 Å². The Hall–Kier alpha value is -11.0. The van der Waals surface area contributed by atoms with Gasteiger partial charge in [-0.2, -0.15) is 0 Å². The van der Waals surface area contributed by atoms with Gasteiger partial charge >= 0.3 is 17.9 Å². The van der Waals surface area contributed by atoms with Gasteiger partial charge in [0, 0.05) is 38.8 Å². The predicted octanol–water partition coefficient (Wildman–Crippen LogP) is -9.94. The summed E-state index contributed by atoms with van der Waals surface area (Å²) in [5.41, 5.74) is 22.8. The molecule has 0 radical (unpaired) electrons. The number of primary amides is 1. The summed E-state index contributed by atoms with van der Waals surface area (Å²) in [6.45, 7) is -0.296. The molecule has 2 saturated heterocycles. The van der Waals surface area contributed by atoms with Gasteiger partial charge in [-0.05, 0) is 89.2 Å². The van der Waals surface area contributed by atoms with Gasteiger partial charge in [-0.25, -0.2) is 9.78 Å². The number of amides is 14. The van der Waals surface area contributed by atoms with Crippen molar-refractivity contribution in [3.63, 3.8) is 0 Å². The van der Waals surface area contributed by atoms with Gasteiger partial charge < -0.3 is 146 Å². The summed E-state index contributed by atoms with van der Waals surface area (Å²) in [6.07, 6.45) is -14.1. The van der Waals surface area contributed by atoms with Crippen LogP contribution in [0.25, 0.3) is 0 Å². The summed E-state index contributed by atoms with van der Waals surface area (Å²) in [4.78, 5) is 230. The molecule has 2 fully saturated rings. The van der Waals surface area contributed by atoms with Crippen LogP contribution >= 0.6 is 0 Å². The fourth-order valence-corrected chi connectivity index (χ4v) is 11.9. The summed E-state index contributed by atoms with van der Waals surface area (Å²) >= 11 is 0. The molecule has 1 aromatic carbocycles. The lowest BCUT2D eigenvalue weighted by molar-refractivity contribution is -0.310. The number of rotatable bonds is 52. The van der Waals surface area contributed by atoms with E-state index >= 15 is 0 Å². The molecule has 0 spiro atoms. The molecule has 0 saturated carbocycles. The lowest BCUT2D eigenvalue weighted by Gasteiger charge is -2.40. The number of aromatic nitrogens is 1. The smallest absolute Gasteiger partial charge is 0.328 e. The van der Waals surface area contributed by atoms with Crippen LogP contribution < -0.4 is 86.7 Å². The first-order chi connectivity index (χ1) is 54.9. The number of hydrogen-bond donors (Lipinski definition) is 24. The maximum absolute atomic E-state index is 14.5. The topological polar surface area (TPSA) is 748 Å². The van der Waals surface area contributed by atoms with E-state index in [0.29, 0.717) is 18.4 Å². The van der Waals surface area contributed by atoms with Crippen molar-refractivity contribution in [1.29, 1.82) is 0 Å². The van der Waals surface area contributed by atoms with Crippen LogP contribution in [0.15, 0.2) is 41.0 Å². The largest absolute Gasteiger partial charge is 0.481 e. The van der Waals surface area contributed by atoms with E-state index in [1.165, 1.54) is 0 Å². The zero-order valence-corrected chi connectivity index (χ0v) is 64.2. The van der Waals surface area contributed by atoms with Crippen molar-refractivity contribution < 1.29 is 136 Å². The minimum atomic E-state index is -1.91. The van der Waals surface area contributed by atoms with Gasteiger partial charge in [-0.15, -0.1) is 0 Å². The van der Waals surface area contributed by atoms with Crippen LogP contribution in [0.5, 0.6) is 0 Å². The van der Waals surface area contributed by atoms with E-state index in [2.05, 4.69) is 63.5 Å². The van der Waals surface area contributed by atoms with Crippen LogP contribution in [-0.4, -0.2) is 302 Å². The first-order valence-corrected chi connectivity index (χ1v) is 37.4. The summed E-state index contributed by atoms with van der Waals surface area (Å²) in [5, 5.41) is 108. The van der Waals surface area contributed by atoms with Gasteiger partial charge in [0.15, 0.2) is 18.0 Å². The molecule has 46 nitrogen and oxygen atoms in total. The Morgan fingerprint density at radius 1 is 0.595 bits per heavy atom. The second-order valence-corrected chi connectivity index (χ2v) is 27.5. The third-order valence-corrected chi connectivity index (χ3v) is 18.6. The van der Waals surface area contributed by atoms with Crippen LogP contribution in [0.3, 0.4) is 0 Å². The predicted molar refractivity (Wildman–Crippen MR) is 397 cm³/mol. The molecule has 0 aliphatic carbocycles. The van der Waals surface area contributed by atoms with Gasteiger partial charge in [0.1, 0.15) is 79.0 Å². The fourth-order valence-electron chi connectivity index (χ4n) is 11.9. The average Bonchev–Trinajstić information content (AvgIpc) is 1.64. The lowest BCUT2D eigenvalue weighted by atomic mass is 9.99. The number of aliphatic carboxylic acids is 3. The number of nitrogens with one attached hydrogen (secondary N) is 12. The molecular formula is C70H108N18O28. The number of hydrogen-bond acceptors (Lipinski definition) is 29. The normalized spacial score (nSPS) is 19.2. The minimum Gasteiger partial charge on any atom is -0.481 e. The molecule has 2 aliphatic rings. The third-order valence-electron chi connectivity index (χ3n) is 18.6. The fraction of sp³-hybridized carbons (Fsp3) is 0.629. The van der Waals surface area contributed by atoms with Crippen LogP contribution in [0.4, 0.5) is 0 Å². The Morgan fingerprint density at radius 2 is 1.12 bits per heavy atom. The number of aliphatic hydroxyl groups excluding tert-OH is 5. The van der Waals surface area contributed by atoms with Crippen molar-refractivity contribution >= 4 is 101 Å². The molecule has 0 bridgehead atoms. The first kappa shape index (κ1) is 97.4. The van der Waals surface area contributed by atoms with Gasteiger partial charge in [0.05, 0.1) is 51.5 Å². The van der Waals surface area contributed by atoms with Crippen molar-refractivity contribution in [1.82, 2.24) is 73.7 Å². The number of unbranched alkanes of at least 4 members (excludes halogenated alkanes) is 1.